The Labute approximate surface area is 243 Å². The third-order valence-corrected chi connectivity index (χ3v) is 9.14. The molecule has 41 heavy (non-hydrogen) atoms. The second-order valence-electron chi connectivity index (χ2n) is 11.7. The van der Waals surface area contributed by atoms with Crippen molar-refractivity contribution in [3.05, 3.63) is 137 Å². The molecule has 2 aliphatic heterocycles. The van der Waals surface area contributed by atoms with Gasteiger partial charge in [-0.3, -0.25) is 4.99 Å². The van der Waals surface area contributed by atoms with Gasteiger partial charge >= 0.3 is 0 Å². The SMILES string of the molecule is C=NC1=C(/C=C2/CCC3CCCNC3C2)NC(c2cc(-c3ccccc3)cc(-c3ccccc3)c2)c2ccccc21. The first-order valence-corrected chi connectivity index (χ1v) is 15.0. The molecular weight excluding hydrogens is 498 g/mol. The van der Waals surface area contributed by atoms with Gasteiger partial charge in [-0.25, -0.2) is 0 Å². The summed E-state index contributed by atoms with van der Waals surface area (Å²) in [5, 5.41) is 7.75. The Morgan fingerprint density at radius 2 is 1.44 bits per heavy atom. The molecule has 0 radical (unpaired) electrons. The lowest BCUT2D eigenvalue weighted by Gasteiger charge is -2.38. The topological polar surface area (TPSA) is 36.4 Å². The summed E-state index contributed by atoms with van der Waals surface area (Å²) < 4.78 is 0. The summed E-state index contributed by atoms with van der Waals surface area (Å²) in [5.41, 5.74) is 12.1. The van der Waals surface area contributed by atoms with Gasteiger partial charge in [0.25, 0.3) is 0 Å². The smallest absolute Gasteiger partial charge is 0.0929 e. The molecule has 1 saturated carbocycles. The molecule has 0 bridgehead atoms. The van der Waals surface area contributed by atoms with Gasteiger partial charge in [0.15, 0.2) is 0 Å². The highest BCUT2D eigenvalue weighted by molar-refractivity contribution is 5.79. The van der Waals surface area contributed by atoms with E-state index in [1.807, 2.05) is 0 Å². The van der Waals surface area contributed by atoms with Crippen LogP contribution >= 0.6 is 0 Å². The maximum Gasteiger partial charge on any atom is 0.0929 e. The van der Waals surface area contributed by atoms with E-state index < -0.39 is 0 Å². The number of fused-ring (bicyclic) bond motifs is 2. The first-order valence-electron chi connectivity index (χ1n) is 15.0. The second kappa shape index (κ2) is 11.3. The molecule has 4 aromatic rings. The normalized spacial score (nSPS) is 22.9. The van der Waals surface area contributed by atoms with E-state index in [4.69, 9.17) is 0 Å². The Morgan fingerprint density at radius 3 is 2.15 bits per heavy atom. The molecule has 7 rings (SSSR count). The molecule has 2 fully saturated rings. The molecule has 3 atom stereocenters. The molecule has 0 aromatic heterocycles. The Morgan fingerprint density at radius 1 is 0.756 bits per heavy atom. The van der Waals surface area contributed by atoms with Gasteiger partial charge in [-0.05, 0) is 109 Å². The van der Waals surface area contributed by atoms with Crippen LogP contribution in [-0.2, 0) is 0 Å². The summed E-state index contributed by atoms with van der Waals surface area (Å²) in [5.74, 6) is 0.816. The largest absolute Gasteiger partial charge is 0.372 e. The molecule has 0 spiro atoms. The summed E-state index contributed by atoms with van der Waals surface area (Å²) >= 11 is 0. The van der Waals surface area contributed by atoms with Crippen LogP contribution in [0.15, 0.2) is 125 Å². The molecule has 3 unspecified atom stereocenters. The van der Waals surface area contributed by atoms with Crippen molar-refractivity contribution in [2.75, 3.05) is 6.54 Å². The van der Waals surface area contributed by atoms with E-state index in [1.54, 1.807) is 0 Å². The monoisotopic (exact) mass is 535 g/mol. The average Bonchev–Trinajstić information content (AvgIpc) is 3.05. The van der Waals surface area contributed by atoms with Gasteiger partial charge in [0.05, 0.1) is 17.4 Å². The number of nitrogens with one attached hydrogen (secondary N) is 2. The third kappa shape index (κ3) is 5.18. The lowest BCUT2D eigenvalue weighted by atomic mass is 9.77. The third-order valence-electron chi connectivity index (χ3n) is 9.14. The number of nitrogens with zero attached hydrogens (tertiary/aromatic N) is 1. The number of rotatable bonds is 5. The van der Waals surface area contributed by atoms with E-state index in [-0.39, 0.29) is 6.04 Å². The minimum absolute atomic E-state index is 0.00109. The molecule has 3 nitrogen and oxygen atoms in total. The van der Waals surface area contributed by atoms with Crippen LogP contribution in [0.5, 0.6) is 0 Å². The molecule has 1 aliphatic carbocycles. The van der Waals surface area contributed by atoms with Gasteiger partial charge in [0, 0.05) is 11.6 Å². The zero-order chi connectivity index (χ0) is 27.6. The van der Waals surface area contributed by atoms with Crippen molar-refractivity contribution in [1.29, 1.82) is 0 Å². The molecule has 1 saturated heterocycles. The quantitative estimate of drug-likeness (QED) is 0.251. The zero-order valence-electron chi connectivity index (χ0n) is 23.5. The Hall–Kier alpha value is -4.21. The summed E-state index contributed by atoms with van der Waals surface area (Å²) in [6.45, 7) is 5.15. The van der Waals surface area contributed by atoms with E-state index in [0.717, 1.165) is 42.3 Å². The lowest BCUT2D eigenvalue weighted by Crippen LogP contribution is -2.43. The molecule has 0 amide bonds. The molecule has 204 valence electrons. The summed E-state index contributed by atoms with van der Waals surface area (Å²) in [6.07, 6.45) is 8.61. The summed E-state index contributed by atoms with van der Waals surface area (Å²) in [6, 6.07) is 37.7. The van der Waals surface area contributed by atoms with Gasteiger partial charge in [0.2, 0.25) is 0 Å². The van der Waals surface area contributed by atoms with Crippen molar-refractivity contribution >= 4 is 12.4 Å². The molecule has 2 heterocycles. The fraction of sp³-hybridized carbons (Fsp3) is 0.237. The van der Waals surface area contributed by atoms with E-state index in [9.17, 15) is 0 Å². The van der Waals surface area contributed by atoms with Crippen molar-refractivity contribution in [1.82, 2.24) is 10.6 Å². The van der Waals surface area contributed by atoms with Crippen LogP contribution in [0.2, 0.25) is 0 Å². The van der Waals surface area contributed by atoms with Crippen LogP contribution in [0.4, 0.5) is 0 Å². The number of piperidine rings is 1. The van der Waals surface area contributed by atoms with Gasteiger partial charge in [-0.1, -0.05) is 90.5 Å². The number of allylic oxidation sites excluding steroid dienone is 1. The molecule has 4 aromatic carbocycles. The van der Waals surface area contributed by atoms with Gasteiger partial charge in [0.1, 0.15) is 0 Å². The highest BCUT2D eigenvalue weighted by atomic mass is 15.0. The first kappa shape index (κ1) is 25.7. The maximum absolute atomic E-state index is 4.58. The summed E-state index contributed by atoms with van der Waals surface area (Å²) in [4.78, 5) is 4.58. The average molecular weight is 536 g/mol. The van der Waals surface area contributed by atoms with E-state index in [0.29, 0.717) is 6.04 Å². The van der Waals surface area contributed by atoms with Crippen LogP contribution in [0.1, 0.15) is 54.8 Å². The number of aliphatic imine (C=N–C) groups is 1. The standard InChI is InChI=1S/C38H37N3/c1-39-38-34-17-9-8-16-33(34)37(41-36(38)22-26-18-19-29-15-10-20-40-35(29)21-26)32-24-30(27-11-4-2-5-12-27)23-31(25-32)28-13-6-3-7-14-28/h2-9,11-14,16-17,22-25,29,35,37,40-41H,1,10,15,18-21H2/b26-22-. The van der Waals surface area contributed by atoms with Crippen molar-refractivity contribution in [3.8, 4) is 22.3 Å². The van der Waals surface area contributed by atoms with E-state index >= 15 is 0 Å². The van der Waals surface area contributed by atoms with Crippen molar-refractivity contribution in [3.63, 3.8) is 0 Å². The van der Waals surface area contributed by atoms with Crippen LogP contribution in [-0.4, -0.2) is 19.3 Å². The Bertz CT molecular complexity index is 1560. The van der Waals surface area contributed by atoms with Crippen LogP contribution in [0.25, 0.3) is 28.0 Å². The van der Waals surface area contributed by atoms with E-state index in [1.165, 1.54) is 58.2 Å². The maximum atomic E-state index is 4.58. The van der Waals surface area contributed by atoms with Gasteiger partial charge < -0.3 is 10.6 Å². The minimum Gasteiger partial charge on any atom is -0.372 e. The van der Waals surface area contributed by atoms with E-state index in [2.05, 4.69) is 132 Å². The second-order valence-corrected chi connectivity index (χ2v) is 11.7. The number of benzene rings is 4. The van der Waals surface area contributed by atoms with Crippen molar-refractivity contribution < 1.29 is 0 Å². The van der Waals surface area contributed by atoms with Crippen molar-refractivity contribution in [2.24, 2.45) is 10.9 Å². The highest BCUT2D eigenvalue weighted by Crippen LogP contribution is 2.41. The Kier molecular flexibility index (Phi) is 7.12. The van der Waals surface area contributed by atoms with Gasteiger partial charge in [-0.2, -0.15) is 0 Å². The fourth-order valence-electron chi connectivity index (χ4n) is 7.06. The fourth-order valence-corrected chi connectivity index (χ4v) is 7.06. The predicted octanol–water partition coefficient (Wildman–Crippen LogP) is 8.56. The van der Waals surface area contributed by atoms with Crippen LogP contribution in [0.3, 0.4) is 0 Å². The summed E-state index contributed by atoms with van der Waals surface area (Å²) in [7, 11) is 0. The Balaban J connectivity index is 1.33. The highest BCUT2D eigenvalue weighted by Gasteiger charge is 2.31. The first-order chi connectivity index (χ1) is 20.3. The number of hydrogen-bond acceptors (Lipinski definition) is 3. The van der Waals surface area contributed by atoms with Crippen LogP contribution in [0, 0.1) is 5.92 Å². The van der Waals surface area contributed by atoms with Gasteiger partial charge in [-0.15, -0.1) is 0 Å². The molecule has 3 aliphatic rings. The minimum atomic E-state index is -0.00109. The molecule has 3 heteroatoms. The molecular formula is C38H37N3. The van der Waals surface area contributed by atoms with Crippen molar-refractivity contribution in [2.45, 2.75) is 44.2 Å². The number of hydrogen-bond donors (Lipinski definition) is 2. The lowest BCUT2D eigenvalue weighted by molar-refractivity contribution is 0.240. The molecule has 2 N–H and O–H groups in total. The predicted molar refractivity (Wildman–Crippen MR) is 172 cm³/mol. The van der Waals surface area contributed by atoms with Crippen LogP contribution < -0.4 is 10.6 Å². The zero-order valence-corrected chi connectivity index (χ0v) is 23.5.